The molecule has 0 aliphatic rings. The molecule has 0 fully saturated rings. The van der Waals surface area contributed by atoms with Crippen molar-refractivity contribution in [2.24, 2.45) is 0 Å². The predicted molar refractivity (Wildman–Crippen MR) is 23.1 cm³/mol. The third-order valence-electron chi connectivity index (χ3n) is 0. The Hall–Kier alpha value is 1.06. The van der Waals surface area contributed by atoms with Crippen molar-refractivity contribution in [2.75, 3.05) is 6.61 Å². The van der Waals surface area contributed by atoms with Gasteiger partial charge in [0.25, 0.3) is 0 Å². The van der Waals surface area contributed by atoms with Crippen molar-refractivity contribution >= 4 is 17.0 Å². The van der Waals surface area contributed by atoms with Crippen molar-refractivity contribution in [1.29, 1.82) is 0 Å². The smallest absolute Gasteiger partial charge is 0.0402 e. The van der Waals surface area contributed by atoms with Crippen molar-refractivity contribution in [3.05, 3.63) is 0 Å². The minimum absolute atomic E-state index is 0. The zero-order chi connectivity index (χ0) is 2.71. The summed E-state index contributed by atoms with van der Waals surface area (Å²) in [5, 5.41) is 7.57. The minimum atomic E-state index is 0. The van der Waals surface area contributed by atoms with Crippen LogP contribution in [0, 0.1) is 0 Å². The molecular formula is C2H7BrOZn. The number of rotatable bonds is 0. The molecule has 0 heterocycles. The first-order chi connectivity index (χ1) is 1.41. The van der Waals surface area contributed by atoms with E-state index in [9.17, 15) is 0 Å². The molecule has 0 aromatic heterocycles. The molecule has 0 aromatic rings. The van der Waals surface area contributed by atoms with Crippen LogP contribution in [0.1, 0.15) is 6.92 Å². The summed E-state index contributed by atoms with van der Waals surface area (Å²) in [6, 6.07) is 0. The third kappa shape index (κ3) is 42.0. The second-order valence-electron chi connectivity index (χ2n) is 0.316. The summed E-state index contributed by atoms with van der Waals surface area (Å²) in [6.45, 7) is 1.93. The fourth-order valence-corrected chi connectivity index (χ4v) is 0. The molecule has 0 aliphatic heterocycles. The van der Waals surface area contributed by atoms with Crippen LogP contribution in [0.2, 0.25) is 0 Å². The van der Waals surface area contributed by atoms with Crippen LogP contribution in [-0.4, -0.2) is 11.7 Å². The van der Waals surface area contributed by atoms with E-state index >= 15 is 0 Å². The van der Waals surface area contributed by atoms with Crippen LogP contribution in [0.25, 0.3) is 0 Å². The second kappa shape index (κ2) is 19.6. The van der Waals surface area contributed by atoms with Gasteiger partial charge >= 0.3 is 0 Å². The van der Waals surface area contributed by atoms with Gasteiger partial charge in [-0.2, -0.15) is 0 Å². The second-order valence-corrected chi connectivity index (χ2v) is 0.316. The topological polar surface area (TPSA) is 20.2 Å². The summed E-state index contributed by atoms with van der Waals surface area (Å²) in [4.78, 5) is 0. The van der Waals surface area contributed by atoms with E-state index in [1.54, 1.807) is 6.92 Å². The Bertz CT molecular complexity index is 9.61. The van der Waals surface area contributed by atoms with E-state index in [1.807, 2.05) is 0 Å². The van der Waals surface area contributed by atoms with Gasteiger partial charge in [0.15, 0.2) is 0 Å². The maximum Gasteiger partial charge on any atom is 0.0402 e. The summed E-state index contributed by atoms with van der Waals surface area (Å²) >= 11 is 0. The van der Waals surface area contributed by atoms with Crippen molar-refractivity contribution in [3.63, 3.8) is 0 Å². The maximum absolute atomic E-state index is 7.57. The molecule has 30 valence electrons. The minimum Gasteiger partial charge on any atom is -0.397 e. The molecular weight excluding hydrogens is 185 g/mol. The standard InChI is InChI=1S/C2H6O.BrH.Zn/c1-2-3;;/h3H,2H2,1H3;1H;. The van der Waals surface area contributed by atoms with E-state index in [0.29, 0.717) is 0 Å². The van der Waals surface area contributed by atoms with E-state index in [1.165, 1.54) is 0 Å². The van der Waals surface area contributed by atoms with E-state index in [2.05, 4.69) is 0 Å². The summed E-state index contributed by atoms with van der Waals surface area (Å²) in [6.07, 6.45) is 0. The van der Waals surface area contributed by atoms with Crippen LogP contribution in [0.15, 0.2) is 0 Å². The van der Waals surface area contributed by atoms with Gasteiger partial charge in [-0.3, -0.25) is 0 Å². The molecule has 0 aromatic carbocycles. The van der Waals surface area contributed by atoms with Crippen LogP contribution in [-0.2, 0) is 19.5 Å². The van der Waals surface area contributed by atoms with Crippen LogP contribution in [0.5, 0.6) is 0 Å². The average Bonchev–Trinajstić information content (AvgIpc) is 0.918. The Morgan fingerprint density at radius 3 is 1.60 bits per heavy atom. The van der Waals surface area contributed by atoms with E-state index in [-0.39, 0.29) is 43.1 Å². The first kappa shape index (κ1) is 16.6. The van der Waals surface area contributed by atoms with Crippen molar-refractivity contribution in [1.82, 2.24) is 0 Å². The molecule has 1 nitrogen and oxygen atoms in total. The molecule has 3 heteroatoms. The maximum atomic E-state index is 7.57. The van der Waals surface area contributed by atoms with Gasteiger partial charge in [0.2, 0.25) is 0 Å². The van der Waals surface area contributed by atoms with Crippen molar-refractivity contribution in [3.8, 4) is 0 Å². The Kier molecular flexibility index (Phi) is 65.1. The first-order valence-corrected chi connectivity index (χ1v) is 1.02. The molecule has 0 saturated carbocycles. The molecule has 1 N–H and O–H groups in total. The Labute approximate surface area is 55.3 Å². The summed E-state index contributed by atoms with van der Waals surface area (Å²) < 4.78 is 0. The van der Waals surface area contributed by atoms with Crippen LogP contribution >= 0.6 is 17.0 Å². The number of hydrogen-bond acceptors (Lipinski definition) is 1. The summed E-state index contributed by atoms with van der Waals surface area (Å²) in [5.74, 6) is 0. The summed E-state index contributed by atoms with van der Waals surface area (Å²) in [7, 11) is 0. The molecule has 0 spiro atoms. The van der Waals surface area contributed by atoms with Gasteiger partial charge < -0.3 is 5.11 Å². The number of halogens is 1. The normalized spacial score (nSPS) is 3.60. The van der Waals surface area contributed by atoms with Gasteiger partial charge in [-0.15, -0.1) is 17.0 Å². The average molecular weight is 192 g/mol. The van der Waals surface area contributed by atoms with Gasteiger partial charge in [0.1, 0.15) is 0 Å². The molecule has 5 heavy (non-hydrogen) atoms. The zero-order valence-corrected chi connectivity index (χ0v) is 7.95. The predicted octanol–water partition coefficient (Wildman–Crippen LogP) is 0.574. The molecule has 0 unspecified atom stereocenters. The monoisotopic (exact) mass is 190 g/mol. The van der Waals surface area contributed by atoms with Gasteiger partial charge in [0.05, 0.1) is 0 Å². The molecule has 0 bridgehead atoms. The number of aliphatic hydroxyl groups is 1. The third-order valence-corrected chi connectivity index (χ3v) is 0. The van der Waals surface area contributed by atoms with Gasteiger partial charge in [-0.05, 0) is 6.92 Å². The molecule has 0 radical (unpaired) electrons. The molecule has 0 aliphatic carbocycles. The molecule has 0 atom stereocenters. The number of hydrogen-bond donors (Lipinski definition) is 1. The van der Waals surface area contributed by atoms with Crippen molar-refractivity contribution < 1.29 is 24.6 Å². The van der Waals surface area contributed by atoms with Gasteiger partial charge in [-0.1, -0.05) is 0 Å². The Morgan fingerprint density at radius 2 is 1.60 bits per heavy atom. The van der Waals surface area contributed by atoms with E-state index < -0.39 is 0 Å². The van der Waals surface area contributed by atoms with E-state index in [0.717, 1.165) is 0 Å². The first-order valence-electron chi connectivity index (χ1n) is 1.02. The van der Waals surface area contributed by atoms with Crippen LogP contribution < -0.4 is 0 Å². The van der Waals surface area contributed by atoms with Gasteiger partial charge in [0, 0.05) is 26.1 Å². The van der Waals surface area contributed by atoms with Crippen LogP contribution in [0.3, 0.4) is 0 Å². The van der Waals surface area contributed by atoms with Crippen LogP contribution in [0.4, 0.5) is 0 Å². The fraction of sp³-hybridized carbons (Fsp3) is 1.00. The van der Waals surface area contributed by atoms with Crippen molar-refractivity contribution in [2.45, 2.75) is 6.92 Å². The quantitative estimate of drug-likeness (QED) is 0.557. The molecule has 0 rings (SSSR count). The molecule has 0 saturated heterocycles. The number of aliphatic hydroxyl groups excluding tert-OH is 1. The van der Waals surface area contributed by atoms with Gasteiger partial charge in [-0.25, -0.2) is 0 Å². The zero-order valence-electron chi connectivity index (χ0n) is 3.27. The summed E-state index contributed by atoms with van der Waals surface area (Å²) in [5.41, 5.74) is 0. The fourth-order valence-electron chi connectivity index (χ4n) is 0. The van der Waals surface area contributed by atoms with E-state index in [4.69, 9.17) is 5.11 Å². The Balaban J connectivity index is -0.0000000200. The Morgan fingerprint density at radius 1 is 1.60 bits per heavy atom. The molecule has 0 amide bonds. The largest absolute Gasteiger partial charge is 0.397 e. The SMILES string of the molecule is Br.CCO.[Zn].